The van der Waals surface area contributed by atoms with Crippen LogP contribution in [0.2, 0.25) is 0 Å². The van der Waals surface area contributed by atoms with Gasteiger partial charge in [0.05, 0.1) is 12.8 Å². The molecule has 3 amide bonds. The molecule has 1 aliphatic heterocycles. The van der Waals surface area contributed by atoms with Gasteiger partial charge in [-0.2, -0.15) is 0 Å². The molecular formula is C16H16N2O5S. The molecule has 2 aromatic heterocycles. The van der Waals surface area contributed by atoms with Crippen molar-refractivity contribution in [2.45, 2.75) is 18.4 Å². The highest BCUT2D eigenvalue weighted by atomic mass is 32.1. The molecule has 2 N–H and O–H groups in total. The second-order valence-electron chi connectivity index (χ2n) is 5.47. The summed E-state index contributed by atoms with van der Waals surface area (Å²) in [6.45, 7) is -0.466. The second kappa shape index (κ2) is 6.58. The number of carbonyl (C=O) groups excluding carboxylic acids is 3. The van der Waals surface area contributed by atoms with E-state index in [0.717, 1.165) is 4.90 Å². The minimum atomic E-state index is -1.51. The van der Waals surface area contributed by atoms with Gasteiger partial charge >= 0.3 is 0 Å². The molecule has 1 aliphatic rings. The van der Waals surface area contributed by atoms with E-state index in [0.29, 0.717) is 10.6 Å². The van der Waals surface area contributed by atoms with Crippen molar-refractivity contribution in [2.75, 3.05) is 13.1 Å². The van der Waals surface area contributed by atoms with Crippen LogP contribution in [0.15, 0.2) is 40.3 Å². The first-order valence-electron chi connectivity index (χ1n) is 7.41. The van der Waals surface area contributed by atoms with Gasteiger partial charge in [-0.25, -0.2) is 0 Å². The maximum atomic E-state index is 12.1. The minimum absolute atomic E-state index is 0.129. The Balaban J connectivity index is 1.69. The van der Waals surface area contributed by atoms with Crippen molar-refractivity contribution in [3.05, 3.63) is 46.5 Å². The monoisotopic (exact) mass is 348 g/mol. The number of nitrogens with one attached hydrogen (secondary N) is 1. The van der Waals surface area contributed by atoms with Gasteiger partial charge in [-0.05, 0) is 23.6 Å². The molecule has 3 heterocycles. The van der Waals surface area contributed by atoms with Gasteiger partial charge in [0.15, 0.2) is 5.60 Å². The molecule has 3 rings (SSSR count). The first-order chi connectivity index (χ1) is 11.5. The number of thiophene rings is 1. The van der Waals surface area contributed by atoms with E-state index in [-0.39, 0.29) is 37.7 Å². The zero-order valence-electron chi connectivity index (χ0n) is 12.7. The largest absolute Gasteiger partial charge is 0.466 e. The molecule has 0 aliphatic carbocycles. The van der Waals surface area contributed by atoms with Crippen LogP contribution in [-0.4, -0.2) is 40.8 Å². The van der Waals surface area contributed by atoms with Gasteiger partial charge in [0.1, 0.15) is 12.3 Å². The highest BCUT2D eigenvalue weighted by Gasteiger charge is 2.37. The number of hydrogen-bond donors (Lipinski definition) is 2. The Morgan fingerprint density at radius 1 is 1.29 bits per heavy atom. The Bertz CT molecular complexity index is 688. The van der Waals surface area contributed by atoms with Crippen LogP contribution in [0.4, 0.5) is 0 Å². The highest BCUT2D eigenvalue weighted by Crippen LogP contribution is 2.32. The number of furan rings is 1. The summed E-state index contributed by atoms with van der Waals surface area (Å²) in [4.78, 5) is 36.7. The number of likely N-dealkylation sites (tertiary alicyclic amines) is 1. The normalized spacial score (nSPS) is 17.1. The summed E-state index contributed by atoms with van der Waals surface area (Å²) >= 11 is 1.33. The number of hydrogen-bond acceptors (Lipinski definition) is 6. The Labute approximate surface area is 141 Å². The molecule has 2 aromatic rings. The van der Waals surface area contributed by atoms with Crippen LogP contribution in [0.1, 0.15) is 23.5 Å². The van der Waals surface area contributed by atoms with E-state index >= 15 is 0 Å². The first kappa shape index (κ1) is 16.4. The third-order valence-corrected chi connectivity index (χ3v) is 4.88. The molecule has 1 fully saturated rings. The summed E-state index contributed by atoms with van der Waals surface area (Å²) in [6.07, 6.45) is 1.71. The Morgan fingerprint density at radius 2 is 2.04 bits per heavy atom. The molecule has 0 saturated carbocycles. The fourth-order valence-corrected chi connectivity index (χ4v) is 3.38. The fraction of sp³-hybridized carbons (Fsp3) is 0.312. The highest BCUT2D eigenvalue weighted by molar-refractivity contribution is 7.10. The van der Waals surface area contributed by atoms with Gasteiger partial charge in [0.25, 0.3) is 0 Å². The Hall–Kier alpha value is -2.45. The fourth-order valence-electron chi connectivity index (χ4n) is 2.55. The predicted molar refractivity (Wildman–Crippen MR) is 85.0 cm³/mol. The smallest absolute Gasteiger partial charge is 0.240 e. The molecule has 0 radical (unpaired) electrons. The summed E-state index contributed by atoms with van der Waals surface area (Å²) < 4.78 is 5.31. The Kier molecular flexibility index (Phi) is 4.50. The van der Waals surface area contributed by atoms with E-state index in [2.05, 4.69) is 5.32 Å². The lowest BCUT2D eigenvalue weighted by molar-refractivity contribution is -0.142. The quantitative estimate of drug-likeness (QED) is 0.754. The van der Waals surface area contributed by atoms with Gasteiger partial charge in [-0.1, -0.05) is 6.07 Å². The number of imide groups is 1. The van der Waals surface area contributed by atoms with Gasteiger partial charge < -0.3 is 14.8 Å². The van der Waals surface area contributed by atoms with Crippen LogP contribution in [0, 0.1) is 0 Å². The lowest BCUT2D eigenvalue weighted by atomic mass is 9.98. The van der Waals surface area contributed by atoms with Crippen LogP contribution >= 0.6 is 11.3 Å². The number of aliphatic hydroxyl groups is 1. The zero-order chi connectivity index (χ0) is 17.2. The van der Waals surface area contributed by atoms with Crippen LogP contribution in [0.5, 0.6) is 0 Å². The number of carbonyl (C=O) groups is 3. The maximum Gasteiger partial charge on any atom is 0.240 e. The molecule has 126 valence electrons. The Morgan fingerprint density at radius 3 is 2.62 bits per heavy atom. The third kappa shape index (κ3) is 3.10. The minimum Gasteiger partial charge on any atom is -0.466 e. The van der Waals surface area contributed by atoms with Crippen LogP contribution in [-0.2, 0) is 20.0 Å². The topological polar surface area (TPSA) is 99.9 Å². The van der Waals surface area contributed by atoms with E-state index in [1.165, 1.54) is 17.6 Å². The van der Waals surface area contributed by atoms with E-state index in [9.17, 15) is 19.5 Å². The predicted octanol–water partition coefficient (Wildman–Crippen LogP) is 0.842. The average Bonchev–Trinajstić information content (AvgIpc) is 3.31. The van der Waals surface area contributed by atoms with Crippen molar-refractivity contribution >= 4 is 29.1 Å². The van der Waals surface area contributed by atoms with E-state index < -0.39 is 11.5 Å². The molecule has 24 heavy (non-hydrogen) atoms. The SMILES string of the molecule is O=C(CN1C(=O)CCC1=O)NCC(O)(c1ccco1)c1cccs1. The van der Waals surface area contributed by atoms with E-state index in [4.69, 9.17) is 4.42 Å². The molecule has 0 spiro atoms. The molecule has 7 nitrogen and oxygen atoms in total. The summed E-state index contributed by atoms with van der Waals surface area (Å²) in [5, 5.41) is 15.4. The number of nitrogens with zero attached hydrogens (tertiary/aromatic N) is 1. The number of amides is 3. The molecule has 1 atom stereocenters. The molecule has 1 unspecified atom stereocenters. The first-order valence-corrected chi connectivity index (χ1v) is 8.29. The molecule has 0 bridgehead atoms. The van der Waals surface area contributed by atoms with Crippen molar-refractivity contribution in [3.63, 3.8) is 0 Å². The van der Waals surface area contributed by atoms with Crippen LogP contribution in [0.25, 0.3) is 0 Å². The van der Waals surface area contributed by atoms with E-state index in [1.54, 1.807) is 24.3 Å². The maximum absolute atomic E-state index is 12.1. The average molecular weight is 348 g/mol. The van der Waals surface area contributed by atoms with Gasteiger partial charge in [-0.15, -0.1) is 11.3 Å². The molecule has 8 heteroatoms. The van der Waals surface area contributed by atoms with Crippen LogP contribution < -0.4 is 5.32 Å². The molecule has 1 saturated heterocycles. The lowest BCUT2D eigenvalue weighted by Gasteiger charge is -2.25. The third-order valence-electron chi connectivity index (χ3n) is 3.86. The second-order valence-corrected chi connectivity index (χ2v) is 6.41. The number of rotatable bonds is 6. The standard InChI is InChI=1S/C16H16N2O5S/c19-13(9-18-14(20)5-6-15(18)21)17-10-16(22,11-3-1-7-23-11)12-4-2-8-24-12/h1-4,7-8,22H,5-6,9-10H2,(H,17,19). The van der Waals surface area contributed by atoms with Gasteiger partial charge in [-0.3, -0.25) is 19.3 Å². The van der Waals surface area contributed by atoms with Gasteiger partial charge in [0, 0.05) is 17.7 Å². The van der Waals surface area contributed by atoms with E-state index in [1.807, 2.05) is 5.38 Å². The summed E-state index contributed by atoms with van der Waals surface area (Å²) in [6, 6.07) is 6.81. The van der Waals surface area contributed by atoms with Crippen molar-refractivity contribution in [1.82, 2.24) is 10.2 Å². The van der Waals surface area contributed by atoms with Crippen LogP contribution in [0.3, 0.4) is 0 Å². The van der Waals surface area contributed by atoms with Crippen molar-refractivity contribution < 1.29 is 23.9 Å². The van der Waals surface area contributed by atoms with Crippen molar-refractivity contribution in [2.24, 2.45) is 0 Å². The molecule has 0 aromatic carbocycles. The van der Waals surface area contributed by atoms with Crippen molar-refractivity contribution in [3.8, 4) is 0 Å². The lowest BCUT2D eigenvalue weighted by Crippen LogP contribution is -2.45. The van der Waals surface area contributed by atoms with Crippen molar-refractivity contribution in [1.29, 1.82) is 0 Å². The summed E-state index contributed by atoms with van der Waals surface area (Å²) in [5.41, 5.74) is -1.51. The molecular weight excluding hydrogens is 332 g/mol. The summed E-state index contributed by atoms with van der Waals surface area (Å²) in [5.74, 6) is -0.914. The summed E-state index contributed by atoms with van der Waals surface area (Å²) in [7, 11) is 0. The van der Waals surface area contributed by atoms with Gasteiger partial charge in [0.2, 0.25) is 17.7 Å². The zero-order valence-corrected chi connectivity index (χ0v) is 13.5.